The van der Waals surface area contributed by atoms with Crippen LogP contribution >= 0.6 is 27.3 Å². The number of hydrogen-bond acceptors (Lipinski definition) is 3. The molecule has 0 atom stereocenters. The van der Waals surface area contributed by atoms with Gasteiger partial charge in [-0.1, -0.05) is 22.9 Å². The highest BCUT2D eigenvalue weighted by Gasteiger charge is 2.14. The van der Waals surface area contributed by atoms with E-state index in [1.807, 2.05) is 12.1 Å². The Morgan fingerprint density at radius 1 is 1.35 bits per heavy atom. The minimum absolute atomic E-state index is 0.0221. The van der Waals surface area contributed by atoms with Crippen molar-refractivity contribution in [1.82, 2.24) is 0 Å². The number of halogens is 1. The van der Waals surface area contributed by atoms with Crippen molar-refractivity contribution in [2.45, 2.75) is 13.3 Å². The van der Waals surface area contributed by atoms with E-state index < -0.39 is 0 Å². The molecule has 17 heavy (non-hydrogen) atoms. The van der Waals surface area contributed by atoms with E-state index in [9.17, 15) is 4.79 Å². The maximum absolute atomic E-state index is 12.3. The van der Waals surface area contributed by atoms with Crippen molar-refractivity contribution in [3.8, 4) is 0 Å². The van der Waals surface area contributed by atoms with E-state index in [1.54, 1.807) is 18.2 Å². The Kier molecular flexibility index (Phi) is 3.64. The monoisotopic (exact) mass is 309 g/mol. The Morgan fingerprint density at radius 3 is 2.76 bits per heavy atom. The molecule has 2 rings (SSSR count). The van der Waals surface area contributed by atoms with Gasteiger partial charge in [-0.15, -0.1) is 11.3 Å². The van der Waals surface area contributed by atoms with Crippen molar-refractivity contribution in [3.63, 3.8) is 0 Å². The molecule has 0 unspecified atom stereocenters. The van der Waals surface area contributed by atoms with Gasteiger partial charge in [-0.2, -0.15) is 0 Å². The lowest BCUT2D eigenvalue weighted by Gasteiger charge is -2.03. The average Bonchev–Trinajstić information content (AvgIpc) is 2.80. The summed E-state index contributed by atoms with van der Waals surface area (Å²) in [7, 11) is 0. The summed E-state index contributed by atoms with van der Waals surface area (Å²) in [5.74, 6) is 0.0221. The van der Waals surface area contributed by atoms with Crippen LogP contribution in [0.1, 0.15) is 27.0 Å². The largest absolute Gasteiger partial charge is 0.399 e. The summed E-state index contributed by atoms with van der Waals surface area (Å²) in [5.41, 5.74) is 6.93. The molecule has 0 saturated heterocycles. The quantitative estimate of drug-likeness (QED) is 0.690. The smallest absolute Gasteiger partial charge is 0.204 e. The van der Waals surface area contributed by atoms with Gasteiger partial charge in [-0.3, -0.25) is 4.79 Å². The molecule has 1 aromatic carbocycles. The summed E-state index contributed by atoms with van der Waals surface area (Å²) in [6, 6.07) is 9.15. The van der Waals surface area contributed by atoms with E-state index in [0.29, 0.717) is 11.3 Å². The highest BCUT2D eigenvalue weighted by atomic mass is 79.9. The van der Waals surface area contributed by atoms with Crippen molar-refractivity contribution in [2.24, 2.45) is 0 Å². The van der Waals surface area contributed by atoms with E-state index in [-0.39, 0.29) is 5.78 Å². The molecule has 0 spiro atoms. The van der Waals surface area contributed by atoms with Crippen LogP contribution in [0.4, 0.5) is 5.69 Å². The van der Waals surface area contributed by atoms with E-state index in [4.69, 9.17) is 5.73 Å². The first-order chi connectivity index (χ1) is 8.11. The molecule has 0 aliphatic heterocycles. The van der Waals surface area contributed by atoms with Gasteiger partial charge in [0, 0.05) is 20.6 Å². The summed E-state index contributed by atoms with van der Waals surface area (Å²) < 4.78 is 0.781. The standard InChI is InChI=1S/C13H12BrNOS/c1-2-9-4-6-12(17-9)13(16)10-7-8(15)3-5-11(10)14/h3-7H,2,15H2,1H3. The normalized spacial score (nSPS) is 10.5. The Morgan fingerprint density at radius 2 is 2.12 bits per heavy atom. The van der Waals surface area contributed by atoms with Gasteiger partial charge in [0.15, 0.2) is 0 Å². The first kappa shape index (κ1) is 12.3. The predicted molar refractivity (Wildman–Crippen MR) is 75.7 cm³/mol. The van der Waals surface area contributed by atoms with Crippen molar-refractivity contribution in [1.29, 1.82) is 0 Å². The zero-order chi connectivity index (χ0) is 12.4. The van der Waals surface area contributed by atoms with Crippen LogP contribution < -0.4 is 5.73 Å². The highest BCUT2D eigenvalue weighted by Crippen LogP contribution is 2.26. The number of benzene rings is 1. The zero-order valence-electron chi connectivity index (χ0n) is 9.37. The molecule has 0 aliphatic carbocycles. The second-order valence-electron chi connectivity index (χ2n) is 3.69. The van der Waals surface area contributed by atoms with Gasteiger partial charge in [-0.05, 0) is 36.8 Å². The Hall–Kier alpha value is -1.13. The molecular formula is C13H12BrNOS. The van der Waals surface area contributed by atoms with Crippen molar-refractivity contribution < 1.29 is 4.79 Å². The Labute approximate surface area is 113 Å². The maximum Gasteiger partial charge on any atom is 0.204 e. The van der Waals surface area contributed by atoms with Gasteiger partial charge in [-0.25, -0.2) is 0 Å². The van der Waals surface area contributed by atoms with Crippen LogP contribution in [0.15, 0.2) is 34.8 Å². The molecule has 2 N–H and O–H groups in total. The molecular weight excluding hydrogens is 298 g/mol. The molecule has 0 saturated carbocycles. The number of carbonyl (C=O) groups is 1. The van der Waals surface area contributed by atoms with Gasteiger partial charge in [0.1, 0.15) is 0 Å². The van der Waals surface area contributed by atoms with Crippen LogP contribution in [0.2, 0.25) is 0 Å². The third kappa shape index (κ3) is 2.58. The molecule has 0 fully saturated rings. The van der Waals surface area contributed by atoms with Gasteiger partial charge < -0.3 is 5.73 Å². The fourth-order valence-electron chi connectivity index (χ4n) is 1.54. The molecule has 1 aromatic heterocycles. The number of hydrogen-bond donors (Lipinski definition) is 1. The van der Waals surface area contributed by atoms with Crippen molar-refractivity contribution in [3.05, 3.63) is 50.1 Å². The molecule has 1 heterocycles. The highest BCUT2D eigenvalue weighted by molar-refractivity contribution is 9.10. The van der Waals surface area contributed by atoms with E-state index in [1.165, 1.54) is 16.2 Å². The number of ketones is 1. The number of carbonyl (C=O) groups excluding carboxylic acids is 1. The molecule has 2 aromatic rings. The van der Waals surface area contributed by atoms with Crippen molar-refractivity contribution >= 4 is 38.7 Å². The zero-order valence-corrected chi connectivity index (χ0v) is 11.8. The minimum atomic E-state index is 0.0221. The van der Waals surface area contributed by atoms with Crippen LogP contribution in [0, 0.1) is 0 Å². The van der Waals surface area contributed by atoms with Crippen LogP contribution in [0.3, 0.4) is 0 Å². The van der Waals surface area contributed by atoms with Gasteiger partial charge in [0.25, 0.3) is 0 Å². The third-order valence-electron chi connectivity index (χ3n) is 2.47. The number of aryl methyl sites for hydroxylation is 1. The summed E-state index contributed by atoms with van der Waals surface area (Å²) in [6.07, 6.45) is 0.954. The number of nitrogen functional groups attached to an aromatic ring is 1. The number of rotatable bonds is 3. The second kappa shape index (κ2) is 5.02. The maximum atomic E-state index is 12.3. The molecule has 0 bridgehead atoms. The Bertz CT molecular complexity index is 562. The molecule has 0 aliphatic rings. The summed E-state index contributed by atoms with van der Waals surface area (Å²) >= 11 is 4.92. The topological polar surface area (TPSA) is 43.1 Å². The van der Waals surface area contributed by atoms with E-state index in [2.05, 4.69) is 22.9 Å². The molecule has 0 amide bonds. The van der Waals surface area contributed by atoms with Crippen molar-refractivity contribution in [2.75, 3.05) is 5.73 Å². The number of thiophene rings is 1. The van der Waals surface area contributed by atoms with Crippen LogP contribution in [-0.4, -0.2) is 5.78 Å². The lowest BCUT2D eigenvalue weighted by Crippen LogP contribution is -2.01. The van der Waals surface area contributed by atoms with Gasteiger partial charge in [0.2, 0.25) is 5.78 Å². The van der Waals surface area contributed by atoms with Crippen LogP contribution in [-0.2, 0) is 6.42 Å². The first-order valence-corrected chi connectivity index (χ1v) is 6.91. The van der Waals surface area contributed by atoms with E-state index >= 15 is 0 Å². The Balaban J connectivity index is 2.39. The fraction of sp³-hybridized carbons (Fsp3) is 0.154. The van der Waals surface area contributed by atoms with E-state index in [0.717, 1.165) is 15.8 Å². The van der Waals surface area contributed by atoms with Gasteiger partial charge in [0.05, 0.1) is 4.88 Å². The third-order valence-corrected chi connectivity index (χ3v) is 4.39. The second-order valence-corrected chi connectivity index (χ2v) is 5.71. The minimum Gasteiger partial charge on any atom is -0.399 e. The summed E-state index contributed by atoms with van der Waals surface area (Å²) in [5, 5.41) is 0. The number of nitrogens with two attached hydrogens (primary N) is 1. The lowest BCUT2D eigenvalue weighted by atomic mass is 10.1. The predicted octanol–water partition coefficient (Wildman–Crippen LogP) is 3.89. The fourth-order valence-corrected chi connectivity index (χ4v) is 2.87. The molecule has 0 radical (unpaired) electrons. The SMILES string of the molecule is CCc1ccc(C(=O)c2cc(N)ccc2Br)s1. The lowest BCUT2D eigenvalue weighted by molar-refractivity contribution is 0.104. The van der Waals surface area contributed by atoms with Crippen LogP contribution in [0.5, 0.6) is 0 Å². The molecule has 4 heteroatoms. The van der Waals surface area contributed by atoms with Crippen LogP contribution in [0.25, 0.3) is 0 Å². The first-order valence-electron chi connectivity index (χ1n) is 5.30. The summed E-state index contributed by atoms with van der Waals surface area (Å²) in [6.45, 7) is 2.08. The summed E-state index contributed by atoms with van der Waals surface area (Å²) in [4.78, 5) is 14.2. The molecule has 88 valence electrons. The molecule has 2 nitrogen and oxygen atoms in total. The number of anilines is 1. The average molecular weight is 310 g/mol. The van der Waals surface area contributed by atoms with Gasteiger partial charge >= 0.3 is 0 Å².